The maximum absolute atomic E-state index is 11.4. The van der Waals surface area contributed by atoms with Crippen LogP contribution in [0.1, 0.15) is 5.56 Å². The Morgan fingerprint density at radius 2 is 2.05 bits per heavy atom. The number of carbonyl (C=O) groups is 1. The van der Waals surface area contributed by atoms with E-state index in [2.05, 4.69) is 15.0 Å². The molecule has 0 fully saturated rings. The first kappa shape index (κ1) is 15.2. The highest BCUT2D eigenvalue weighted by atomic mass is 16.5. The summed E-state index contributed by atoms with van der Waals surface area (Å²) in [7, 11) is 1.30. The Morgan fingerprint density at radius 1 is 1.29 bits per heavy atom. The summed E-state index contributed by atoms with van der Waals surface area (Å²) < 4.78 is 4.60. The first-order valence-electron chi connectivity index (χ1n) is 6.67. The number of esters is 1. The van der Waals surface area contributed by atoms with Crippen LogP contribution in [-0.2, 0) is 16.1 Å². The number of aliphatic hydroxyl groups is 1. The molecule has 0 bridgehead atoms. The number of hydrogen-bond donors (Lipinski definition) is 2. The number of aliphatic hydroxyl groups excluding tert-OH is 1. The van der Waals surface area contributed by atoms with E-state index < -0.39 is 12.0 Å². The summed E-state index contributed by atoms with van der Waals surface area (Å²) >= 11 is 0. The van der Waals surface area contributed by atoms with Gasteiger partial charge in [0, 0.05) is 18.3 Å². The van der Waals surface area contributed by atoms with Crippen molar-refractivity contribution in [2.75, 3.05) is 13.7 Å². The molecule has 1 aromatic carbocycles. The summed E-state index contributed by atoms with van der Waals surface area (Å²) in [5.41, 5.74) is 2.96. The van der Waals surface area contributed by atoms with Crippen molar-refractivity contribution in [1.29, 1.82) is 0 Å². The Hall–Kier alpha value is -2.24. The molecule has 2 aromatic rings. The molecular formula is C16H18N2O3. The van der Waals surface area contributed by atoms with Crippen LogP contribution >= 0.6 is 0 Å². The van der Waals surface area contributed by atoms with Gasteiger partial charge in [0.2, 0.25) is 0 Å². The average Bonchev–Trinajstić information content (AvgIpc) is 2.56. The molecule has 21 heavy (non-hydrogen) atoms. The highest BCUT2D eigenvalue weighted by molar-refractivity contribution is 5.75. The van der Waals surface area contributed by atoms with E-state index in [1.807, 2.05) is 42.5 Å². The lowest BCUT2D eigenvalue weighted by atomic mass is 10.1. The smallest absolute Gasteiger partial charge is 0.325 e. The second kappa shape index (κ2) is 7.52. The van der Waals surface area contributed by atoms with Crippen LogP contribution in [0.2, 0.25) is 0 Å². The third-order valence-electron chi connectivity index (χ3n) is 3.14. The van der Waals surface area contributed by atoms with Gasteiger partial charge in [-0.1, -0.05) is 30.3 Å². The van der Waals surface area contributed by atoms with Gasteiger partial charge in [0.15, 0.2) is 0 Å². The maximum Gasteiger partial charge on any atom is 0.325 e. The second-order valence-corrected chi connectivity index (χ2v) is 4.55. The average molecular weight is 286 g/mol. The van der Waals surface area contributed by atoms with Crippen LogP contribution in [0.25, 0.3) is 11.3 Å². The summed E-state index contributed by atoms with van der Waals surface area (Å²) in [5.74, 6) is -0.470. The molecule has 110 valence electrons. The molecule has 0 saturated carbocycles. The first-order valence-corrected chi connectivity index (χ1v) is 6.67. The van der Waals surface area contributed by atoms with Gasteiger partial charge in [0.1, 0.15) is 6.04 Å². The van der Waals surface area contributed by atoms with Crippen molar-refractivity contribution in [3.8, 4) is 11.3 Å². The Kier molecular flexibility index (Phi) is 5.43. The van der Waals surface area contributed by atoms with Crippen LogP contribution < -0.4 is 5.32 Å². The predicted octanol–water partition coefficient (Wildman–Crippen LogP) is 1.37. The van der Waals surface area contributed by atoms with Crippen LogP contribution in [0, 0.1) is 0 Å². The van der Waals surface area contributed by atoms with Crippen molar-refractivity contribution >= 4 is 5.97 Å². The molecule has 0 aliphatic rings. The van der Waals surface area contributed by atoms with Gasteiger partial charge in [-0.2, -0.15) is 0 Å². The number of pyridine rings is 1. The lowest BCUT2D eigenvalue weighted by molar-refractivity contribution is -0.144. The first-order chi connectivity index (χ1) is 10.2. The van der Waals surface area contributed by atoms with Crippen LogP contribution in [0.5, 0.6) is 0 Å². The highest BCUT2D eigenvalue weighted by Gasteiger charge is 2.16. The number of nitrogens with one attached hydrogen (secondary N) is 1. The van der Waals surface area contributed by atoms with Crippen molar-refractivity contribution in [3.63, 3.8) is 0 Å². The minimum atomic E-state index is -0.703. The fraction of sp³-hybridized carbons (Fsp3) is 0.250. The maximum atomic E-state index is 11.4. The van der Waals surface area contributed by atoms with Gasteiger partial charge in [-0.25, -0.2) is 0 Å². The summed E-state index contributed by atoms with van der Waals surface area (Å²) in [6.07, 6.45) is 1.76. The molecule has 0 radical (unpaired) electrons. The third kappa shape index (κ3) is 4.11. The zero-order valence-corrected chi connectivity index (χ0v) is 11.8. The fourth-order valence-corrected chi connectivity index (χ4v) is 1.93. The standard InChI is InChI=1S/C16H18N2O3/c1-21-16(20)15(11-19)18-10-12-5-7-13(8-6-12)14-4-2-3-9-17-14/h2-9,15,18-19H,10-11H2,1H3/t15-/m0/s1. The molecule has 0 saturated heterocycles. The number of ether oxygens (including phenoxy) is 1. The number of rotatable bonds is 6. The summed E-state index contributed by atoms with van der Waals surface area (Å²) in [6.45, 7) is 0.182. The van der Waals surface area contributed by atoms with Gasteiger partial charge in [-0.3, -0.25) is 15.1 Å². The quantitative estimate of drug-likeness (QED) is 0.785. The molecule has 0 spiro atoms. The minimum absolute atomic E-state index is 0.293. The number of nitrogens with zero attached hydrogens (tertiary/aromatic N) is 1. The molecular weight excluding hydrogens is 268 g/mol. The van der Waals surface area contributed by atoms with E-state index in [0.29, 0.717) is 6.54 Å². The second-order valence-electron chi connectivity index (χ2n) is 4.55. The minimum Gasteiger partial charge on any atom is -0.468 e. The highest BCUT2D eigenvalue weighted by Crippen LogP contribution is 2.16. The number of methoxy groups -OCH3 is 1. The van der Waals surface area contributed by atoms with E-state index >= 15 is 0 Å². The number of aromatic nitrogens is 1. The molecule has 0 aliphatic carbocycles. The number of hydrogen-bond acceptors (Lipinski definition) is 5. The molecule has 0 unspecified atom stereocenters. The van der Waals surface area contributed by atoms with Crippen molar-refractivity contribution in [3.05, 3.63) is 54.2 Å². The van der Waals surface area contributed by atoms with E-state index in [1.54, 1.807) is 6.20 Å². The predicted molar refractivity (Wildman–Crippen MR) is 79.4 cm³/mol. The normalized spacial score (nSPS) is 11.9. The van der Waals surface area contributed by atoms with Crippen molar-refractivity contribution in [1.82, 2.24) is 10.3 Å². The number of carbonyl (C=O) groups excluding carboxylic acids is 1. The van der Waals surface area contributed by atoms with E-state index in [0.717, 1.165) is 16.8 Å². The van der Waals surface area contributed by atoms with Crippen LogP contribution in [0.15, 0.2) is 48.7 Å². The van der Waals surface area contributed by atoms with Crippen molar-refractivity contribution in [2.45, 2.75) is 12.6 Å². The van der Waals surface area contributed by atoms with Gasteiger partial charge in [-0.05, 0) is 17.7 Å². The number of benzene rings is 1. The molecule has 5 heteroatoms. The molecule has 1 atom stereocenters. The lowest BCUT2D eigenvalue weighted by Gasteiger charge is -2.13. The summed E-state index contributed by atoms with van der Waals surface area (Å²) in [6, 6.07) is 12.9. The van der Waals surface area contributed by atoms with Gasteiger partial charge in [0.05, 0.1) is 19.4 Å². The van der Waals surface area contributed by atoms with Crippen LogP contribution in [-0.4, -0.2) is 35.8 Å². The van der Waals surface area contributed by atoms with Gasteiger partial charge in [-0.15, -0.1) is 0 Å². The van der Waals surface area contributed by atoms with Gasteiger partial charge >= 0.3 is 5.97 Å². The van der Waals surface area contributed by atoms with E-state index in [9.17, 15) is 4.79 Å². The topological polar surface area (TPSA) is 71.5 Å². The van der Waals surface area contributed by atoms with Gasteiger partial charge < -0.3 is 9.84 Å². The summed E-state index contributed by atoms with van der Waals surface area (Å²) in [4.78, 5) is 15.6. The molecule has 2 rings (SSSR count). The molecule has 5 nitrogen and oxygen atoms in total. The summed E-state index contributed by atoms with van der Waals surface area (Å²) in [5, 5.41) is 12.1. The van der Waals surface area contributed by atoms with Crippen LogP contribution in [0.4, 0.5) is 0 Å². The van der Waals surface area contributed by atoms with Crippen molar-refractivity contribution < 1.29 is 14.6 Å². The molecule has 0 aliphatic heterocycles. The molecule has 0 amide bonds. The third-order valence-corrected chi connectivity index (χ3v) is 3.14. The Bertz CT molecular complexity index is 570. The Morgan fingerprint density at radius 3 is 2.62 bits per heavy atom. The Labute approximate surface area is 123 Å². The van der Waals surface area contributed by atoms with Gasteiger partial charge in [0.25, 0.3) is 0 Å². The SMILES string of the molecule is COC(=O)[C@H](CO)NCc1ccc(-c2ccccn2)cc1. The fourth-order valence-electron chi connectivity index (χ4n) is 1.93. The van der Waals surface area contributed by atoms with Crippen molar-refractivity contribution in [2.24, 2.45) is 0 Å². The molecule has 1 aromatic heterocycles. The molecule has 1 heterocycles. The molecule has 2 N–H and O–H groups in total. The lowest BCUT2D eigenvalue weighted by Crippen LogP contribution is -2.40. The zero-order valence-electron chi connectivity index (χ0n) is 11.8. The Balaban J connectivity index is 1.98. The largest absolute Gasteiger partial charge is 0.468 e. The zero-order chi connectivity index (χ0) is 15.1. The van der Waals surface area contributed by atoms with E-state index in [1.165, 1.54) is 7.11 Å². The van der Waals surface area contributed by atoms with E-state index in [4.69, 9.17) is 5.11 Å². The van der Waals surface area contributed by atoms with E-state index in [-0.39, 0.29) is 6.61 Å². The monoisotopic (exact) mass is 286 g/mol. The van der Waals surface area contributed by atoms with Crippen LogP contribution in [0.3, 0.4) is 0 Å².